The molecule has 0 spiro atoms. The smallest absolute Gasteiger partial charge is 0.187 e. The van der Waals surface area contributed by atoms with Gasteiger partial charge in [-0.05, 0) is 38.5 Å². The van der Waals surface area contributed by atoms with E-state index in [9.17, 15) is 0 Å². The zero-order valence-electron chi connectivity index (χ0n) is 18.2. The standard InChI is InChI=1S/C23H25N5O3/c1-5-17-23-16-10-15(29-4)7-8-18(16)28-13-24-22(20-9-14(3)26-31-20)19(28)11-27(23)21(25-17)12-30-6-2/h7-10,13H,5-6,11-12H2,1-4H3. The first-order valence-corrected chi connectivity index (χ1v) is 10.5. The number of imidazole rings is 2. The maximum absolute atomic E-state index is 5.75. The van der Waals surface area contributed by atoms with Crippen LogP contribution < -0.4 is 4.74 Å². The zero-order valence-corrected chi connectivity index (χ0v) is 18.2. The number of aryl methyl sites for hydroxylation is 2. The lowest BCUT2D eigenvalue weighted by Crippen LogP contribution is -2.09. The summed E-state index contributed by atoms with van der Waals surface area (Å²) in [6, 6.07) is 8.02. The van der Waals surface area contributed by atoms with Gasteiger partial charge in [0, 0.05) is 18.2 Å². The Morgan fingerprint density at radius 1 is 1.19 bits per heavy atom. The Labute approximate surface area is 180 Å². The van der Waals surface area contributed by atoms with Crippen LogP contribution in [0.1, 0.15) is 36.8 Å². The molecule has 0 saturated carbocycles. The van der Waals surface area contributed by atoms with Gasteiger partial charge in [-0.15, -0.1) is 0 Å². The van der Waals surface area contributed by atoms with Gasteiger partial charge in [0.1, 0.15) is 30.2 Å². The highest BCUT2D eigenvalue weighted by atomic mass is 16.5. The second kappa shape index (κ2) is 7.70. The van der Waals surface area contributed by atoms with Crippen LogP contribution >= 0.6 is 0 Å². The van der Waals surface area contributed by atoms with Crippen molar-refractivity contribution in [2.75, 3.05) is 13.7 Å². The first-order valence-electron chi connectivity index (χ1n) is 10.5. The highest BCUT2D eigenvalue weighted by Gasteiger charge is 2.29. The monoisotopic (exact) mass is 419 g/mol. The van der Waals surface area contributed by atoms with Gasteiger partial charge in [-0.2, -0.15) is 0 Å². The van der Waals surface area contributed by atoms with E-state index in [-0.39, 0.29) is 0 Å². The Kier molecular flexibility index (Phi) is 4.86. The highest BCUT2D eigenvalue weighted by Crippen LogP contribution is 2.39. The third-order valence-corrected chi connectivity index (χ3v) is 5.64. The average molecular weight is 419 g/mol. The number of aromatic nitrogens is 5. The molecule has 0 radical (unpaired) electrons. The molecule has 0 aliphatic carbocycles. The Morgan fingerprint density at radius 3 is 2.77 bits per heavy atom. The average Bonchev–Trinajstić information content (AvgIpc) is 3.47. The predicted molar refractivity (Wildman–Crippen MR) is 115 cm³/mol. The predicted octanol–water partition coefficient (Wildman–Crippen LogP) is 4.17. The first-order chi connectivity index (χ1) is 15.1. The lowest BCUT2D eigenvalue weighted by molar-refractivity contribution is 0.126. The molecule has 3 aromatic heterocycles. The summed E-state index contributed by atoms with van der Waals surface area (Å²) in [6.45, 7) is 7.71. The van der Waals surface area contributed by atoms with Crippen molar-refractivity contribution in [3.05, 3.63) is 53.5 Å². The lowest BCUT2D eigenvalue weighted by atomic mass is 10.1. The molecule has 0 amide bonds. The number of hydrogen-bond acceptors (Lipinski definition) is 6. The lowest BCUT2D eigenvalue weighted by Gasteiger charge is -2.12. The molecule has 1 aliphatic heterocycles. The molecule has 8 nitrogen and oxygen atoms in total. The van der Waals surface area contributed by atoms with Crippen LogP contribution in [-0.2, 0) is 24.3 Å². The van der Waals surface area contributed by atoms with E-state index < -0.39 is 0 Å². The minimum atomic E-state index is 0.452. The van der Waals surface area contributed by atoms with Gasteiger partial charge in [-0.1, -0.05) is 12.1 Å². The Balaban J connectivity index is 1.79. The van der Waals surface area contributed by atoms with Crippen LogP contribution in [0.15, 0.2) is 35.1 Å². The summed E-state index contributed by atoms with van der Waals surface area (Å²) >= 11 is 0. The van der Waals surface area contributed by atoms with Gasteiger partial charge in [0.25, 0.3) is 0 Å². The SMILES string of the molecule is CCOCc1nc(CC)c2n1Cc1c(-c3cc(C)no3)ncn1-c1ccc(OC)cc1-2. The first kappa shape index (κ1) is 19.6. The normalized spacial score (nSPS) is 12.3. The molecule has 4 aromatic rings. The summed E-state index contributed by atoms with van der Waals surface area (Å²) in [5.41, 5.74) is 6.84. The minimum absolute atomic E-state index is 0.452. The third-order valence-electron chi connectivity index (χ3n) is 5.64. The molecule has 0 saturated heterocycles. The highest BCUT2D eigenvalue weighted by molar-refractivity contribution is 5.76. The summed E-state index contributed by atoms with van der Waals surface area (Å²) in [5.74, 6) is 2.36. The van der Waals surface area contributed by atoms with Crippen molar-refractivity contribution >= 4 is 0 Å². The van der Waals surface area contributed by atoms with E-state index >= 15 is 0 Å². The number of rotatable bonds is 6. The maximum atomic E-state index is 5.75. The number of methoxy groups -OCH3 is 1. The van der Waals surface area contributed by atoms with Crippen molar-refractivity contribution in [3.63, 3.8) is 0 Å². The van der Waals surface area contributed by atoms with Crippen molar-refractivity contribution in [1.82, 2.24) is 24.3 Å². The van der Waals surface area contributed by atoms with Crippen molar-refractivity contribution in [2.24, 2.45) is 0 Å². The van der Waals surface area contributed by atoms with Crippen molar-refractivity contribution < 1.29 is 14.0 Å². The second-order valence-electron chi connectivity index (χ2n) is 7.53. The van der Waals surface area contributed by atoms with Gasteiger partial charge in [0.15, 0.2) is 5.76 Å². The topological polar surface area (TPSA) is 80.1 Å². The fraction of sp³-hybridized carbons (Fsp3) is 0.348. The fourth-order valence-electron chi connectivity index (χ4n) is 4.18. The van der Waals surface area contributed by atoms with E-state index in [0.717, 1.165) is 57.7 Å². The molecule has 0 fully saturated rings. The summed E-state index contributed by atoms with van der Waals surface area (Å²) in [7, 11) is 1.68. The molecular formula is C23H25N5O3. The van der Waals surface area contributed by atoms with Crippen LogP contribution in [0.5, 0.6) is 5.75 Å². The van der Waals surface area contributed by atoms with E-state index in [4.69, 9.17) is 19.0 Å². The van der Waals surface area contributed by atoms with Crippen LogP contribution in [0, 0.1) is 6.92 Å². The molecule has 8 heteroatoms. The maximum Gasteiger partial charge on any atom is 0.187 e. The number of nitrogens with zero attached hydrogens (tertiary/aromatic N) is 5. The zero-order chi connectivity index (χ0) is 21.5. The number of hydrogen-bond donors (Lipinski definition) is 0. The van der Waals surface area contributed by atoms with Gasteiger partial charge < -0.3 is 18.6 Å². The quantitative estimate of drug-likeness (QED) is 0.411. The van der Waals surface area contributed by atoms with Gasteiger partial charge in [0.05, 0.1) is 42.1 Å². The number of ether oxygens (including phenoxy) is 2. The summed E-state index contributed by atoms with van der Waals surface area (Å²) in [4.78, 5) is 9.63. The van der Waals surface area contributed by atoms with E-state index in [2.05, 4.69) is 38.3 Å². The molecule has 0 unspecified atom stereocenters. The van der Waals surface area contributed by atoms with Crippen LogP contribution in [0.2, 0.25) is 0 Å². The Hall–Kier alpha value is -3.39. The molecule has 0 atom stereocenters. The molecule has 4 heterocycles. The minimum Gasteiger partial charge on any atom is -0.497 e. The van der Waals surface area contributed by atoms with Crippen LogP contribution in [0.3, 0.4) is 0 Å². The Bertz CT molecular complexity index is 1250. The molecule has 1 aromatic carbocycles. The number of benzene rings is 1. The largest absolute Gasteiger partial charge is 0.497 e. The van der Waals surface area contributed by atoms with E-state index in [1.807, 2.05) is 32.3 Å². The van der Waals surface area contributed by atoms with Crippen molar-refractivity contribution in [1.29, 1.82) is 0 Å². The third kappa shape index (κ3) is 3.14. The van der Waals surface area contributed by atoms with Crippen LogP contribution in [-0.4, -0.2) is 38.0 Å². The van der Waals surface area contributed by atoms with E-state index in [0.29, 0.717) is 25.5 Å². The molecule has 5 rings (SSSR count). The summed E-state index contributed by atoms with van der Waals surface area (Å²) < 4.78 is 21.2. The number of fused-ring (bicyclic) bond motifs is 5. The molecule has 160 valence electrons. The van der Waals surface area contributed by atoms with Gasteiger partial charge >= 0.3 is 0 Å². The molecule has 0 N–H and O–H groups in total. The summed E-state index contributed by atoms with van der Waals surface area (Å²) in [6.07, 6.45) is 2.67. The molecular weight excluding hydrogens is 394 g/mol. The van der Waals surface area contributed by atoms with Gasteiger partial charge in [-0.3, -0.25) is 4.57 Å². The van der Waals surface area contributed by atoms with Crippen LogP contribution in [0.25, 0.3) is 28.4 Å². The molecule has 1 aliphatic rings. The fourth-order valence-corrected chi connectivity index (χ4v) is 4.18. The van der Waals surface area contributed by atoms with Gasteiger partial charge in [-0.25, -0.2) is 9.97 Å². The Morgan fingerprint density at radius 2 is 2.06 bits per heavy atom. The van der Waals surface area contributed by atoms with Crippen molar-refractivity contribution in [2.45, 2.75) is 40.3 Å². The molecule has 0 bridgehead atoms. The van der Waals surface area contributed by atoms with Crippen LogP contribution in [0.4, 0.5) is 0 Å². The summed E-state index contributed by atoms with van der Waals surface area (Å²) in [5, 5.41) is 4.05. The molecule has 31 heavy (non-hydrogen) atoms. The van der Waals surface area contributed by atoms with E-state index in [1.54, 1.807) is 7.11 Å². The van der Waals surface area contributed by atoms with Gasteiger partial charge in [0.2, 0.25) is 0 Å². The second-order valence-corrected chi connectivity index (χ2v) is 7.53. The van der Waals surface area contributed by atoms with Crippen molar-refractivity contribution in [3.8, 4) is 34.1 Å². The van der Waals surface area contributed by atoms with E-state index in [1.165, 1.54) is 0 Å².